The maximum Gasteiger partial charge on any atom is 0.324 e. The van der Waals surface area contributed by atoms with Gasteiger partial charge in [-0.2, -0.15) is 0 Å². The summed E-state index contributed by atoms with van der Waals surface area (Å²) in [7, 11) is 0. The van der Waals surface area contributed by atoms with Crippen molar-refractivity contribution in [2.75, 3.05) is 6.54 Å². The summed E-state index contributed by atoms with van der Waals surface area (Å²) in [4.78, 5) is 38.1. The molecule has 4 rings (SSSR count). The van der Waals surface area contributed by atoms with Crippen LogP contribution in [0.3, 0.4) is 0 Å². The average molecular weight is 383 g/mol. The number of hydrogen-bond acceptors (Lipinski definition) is 3. The van der Waals surface area contributed by atoms with Crippen molar-refractivity contribution < 1.29 is 14.4 Å². The lowest BCUT2D eigenvalue weighted by atomic mass is 9.60. The summed E-state index contributed by atoms with van der Waals surface area (Å²) in [6, 6.07) is 9.74. The minimum atomic E-state index is -0.574. The zero-order chi connectivity index (χ0) is 19.7. The van der Waals surface area contributed by atoms with Crippen LogP contribution in [0.25, 0.3) is 0 Å². The van der Waals surface area contributed by atoms with Gasteiger partial charge in [-0.05, 0) is 43.1 Å². The summed E-state index contributed by atoms with van der Waals surface area (Å²) in [6.45, 7) is 2.36. The van der Waals surface area contributed by atoms with Gasteiger partial charge in [-0.1, -0.05) is 43.7 Å². The largest absolute Gasteiger partial charge is 0.352 e. The van der Waals surface area contributed by atoms with Crippen LogP contribution < -0.4 is 10.6 Å². The molecule has 2 N–H and O–H groups in total. The zero-order valence-corrected chi connectivity index (χ0v) is 16.4. The molecule has 6 heteroatoms. The monoisotopic (exact) mass is 383 g/mol. The Morgan fingerprint density at radius 2 is 1.93 bits per heavy atom. The predicted molar refractivity (Wildman–Crippen MR) is 106 cm³/mol. The fraction of sp³-hybridized carbons (Fsp3) is 0.591. The normalized spacial score (nSPS) is 31.3. The molecule has 0 aromatic heterocycles. The number of benzene rings is 1. The lowest BCUT2D eigenvalue weighted by Gasteiger charge is -2.49. The van der Waals surface area contributed by atoms with E-state index >= 15 is 0 Å². The van der Waals surface area contributed by atoms with Gasteiger partial charge >= 0.3 is 6.03 Å². The number of carbonyl (C=O) groups excluding carboxylic acids is 3. The molecular formula is C22H29N3O3. The van der Waals surface area contributed by atoms with Crippen LogP contribution in [-0.2, 0) is 9.59 Å². The predicted octanol–water partition coefficient (Wildman–Crippen LogP) is 2.80. The summed E-state index contributed by atoms with van der Waals surface area (Å²) in [5.74, 6) is 1.41. The molecule has 2 saturated carbocycles. The molecule has 0 unspecified atom stereocenters. The van der Waals surface area contributed by atoms with Gasteiger partial charge in [-0.15, -0.1) is 0 Å². The Morgan fingerprint density at radius 1 is 1.18 bits per heavy atom. The van der Waals surface area contributed by atoms with Crippen LogP contribution in [-0.4, -0.2) is 41.4 Å². The highest BCUT2D eigenvalue weighted by molar-refractivity contribution is 6.04. The lowest BCUT2D eigenvalue weighted by molar-refractivity contribution is -0.128. The Bertz CT molecular complexity index is 751. The first-order valence-corrected chi connectivity index (χ1v) is 10.6. The number of carbonyl (C=O) groups is 3. The Labute approximate surface area is 166 Å². The molecular weight excluding hydrogens is 354 g/mol. The molecule has 1 aromatic rings. The second kappa shape index (κ2) is 7.94. The summed E-state index contributed by atoms with van der Waals surface area (Å²) in [6.07, 6.45) is 5.01. The molecule has 1 saturated heterocycles. The molecule has 3 fully saturated rings. The standard InChI is InChI=1S/C22H29N3O3/c1-2-13-25-21(27)17(23-22(25)28)11-12-18(26)24-20-16-10-6-9-15(16)19(20)14-7-4-3-5-8-14/h3-5,7-8,15-17,19-20H,2,6,9-13H2,1H3,(H,23,28)(H,24,26)/t15-,16+,17-,19-,20-/m1/s1. The molecule has 0 bridgehead atoms. The van der Waals surface area contributed by atoms with E-state index in [9.17, 15) is 14.4 Å². The second-order valence-electron chi connectivity index (χ2n) is 8.32. The van der Waals surface area contributed by atoms with E-state index in [0.29, 0.717) is 30.7 Å². The topological polar surface area (TPSA) is 78.5 Å². The van der Waals surface area contributed by atoms with Crippen molar-refractivity contribution in [3.8, 4) is 0 Å². The van der Waals surface area contributed by atoms with Crippen LogP contribution in [0.5, 0.6) is 0 Å². The van der Waals surface area contributed by atoms with Crippen molar-refractivity contribution in [3.05, 3.63) is 35.9 Å². The molecule has 28 heavy (non-hydrogen) atoms. The van der Waals surface area contributed by atoms with Crippen molar-refractivity contribution in [1.29, 1.82) is 0 Å². The van der Waals surface area contributed by atoms with Gasteiger partial charge in [0.1, 0.15) is 6.04 Å². The molecule has 150 valence electrons. The molecule has 1 heterocycles. The smallest absolute Gasteiger partial charge is 0.324 e. The molecule has 1 aliphatic heterocycles. The number of amides is 4. The minimum Gasteiger partial charge on any atom is -0.352 e. The third-order valence-corrected chi connectivity index (χ3v) is 6.66. The maximum absolute atomic E-state index is 12.6. The highest BCUT2D eigenvalue weighted by Crippen LogP contribution is 2.55. The summed E-state index contributed by atoms with van der Waals surface area (Å²) < 4.78 is 0. The van der Waals surface area contributed by atoms with Crippen LogP contribution in [0, 0.1) is 11.8 Å². The number of nitrogens with one attached hydrogen (secondary N) is 2. The van der Waals surface area contributed by atoms with Crippen LogP contribution in [0.15, 0.2) is 30.3 Å². The third-order valence-electron chi connectivity index (χ3n) is 6.66. The highest BCUT2D eigenvalue weighted by atomic mass is 16.2. The van der Waals surface area contributed by atoms with E-state index in [1.54, 1.807) is 0 Å². The van der Waals surface area contributed by atoms with Crippen LogP contribution >= 0.6 is 0 Å². The van der Waals surface area contributed by atoms with E-state index < -0.39 is 6.04 Å². The number of nitrogens with zero attached hydrogens (tertiary/aromatic N) is 1. The van der Waals surface area contributed by atoms with E-state index in [4.69, 9.17) is 0 Å². The number of urea groups is 1. The van der Waals surface area contributed by atoms with Gasteiger partial charge in [-0.3, -0.25) is 14.5 Å². The van der Waals surface area contributed by atoms with Gasteiger partial charge < -0.3 is 10.6 Å². The molecule has 0 radical (unpaired) electrons. The Morgan fingerprint density at radius 3 is 2.68 bits per heavy atom. The summed E-state index contributed by atoms with van der Waals surface area (Å²) >= 11 is 0. The fourth-order valence-corrected chi connectivity index (χ4v) is 5.36. The number of imide groups is 1. The first-order chi connectivity index (χ1) is 13.6. The van der Waals surface area contributed by atoms with Gasteiger partial charge in [-0.25, -0.2) is 4.79 Å². The van der Waals surface area contributed by atoms with E-state index in [1.807, 2.05) is 13.0 Å². The first kappa shape index (κ1) is 19.0. The molecule has 0 spiro atoms. The summed E-state index contributed by atoms with van der Waals surface area (Å²) in [5.41, 5.74) is 1.31. The molecule has 2 aliphatic carbocycles. The maximum atomic E-state index is 12.6. The molecule has 4 amide bonds. The van der Waals surface area contributed by atoms with Crippen LogP contribution in [0.2, 0.25) is 0 Å². The molecule has 1 aromatic carbocycles. The van der Waals surface area contributed by atoms with Crippen molar-refractivity contribution >= 4 is 17.8 Å². The molecule has 5 atom stereocenters. The highest BCUT2D eigenvalue weighted by Gasteiger charge is 2.53. The molecule has 6 nitrogen and oxygen atoms in total. The van der Waals surface area contributed by atoms with E-state index in [1.165, 1.54) is 29.7 Å². The Hall–Kier alpha value is -2.37. The van der Waals surface area contributed by atoms with Gasteiger partial charge in [0, 0.05) is 24.9 Å². The first-order valence-electron chi connectivity index (χ1n) is 10.6. The molecule has 3 aliphatic rings. The minimum absolute atomic E-state index is 0.0210. The average Bonchev–Trinajstić information content (AvgIpc) is 3.22. The van der Waals surface area contributed by atoms with Crippen molar-refractivity contribution in [3.63, 3.8) is 0 Å². The van der Waals surface area contributed by atoms with Crippen LogP contribution in [0.4, 0.5) is 4.79 Å². The van der Waals surface area contributed by atoms with Crippen molar-refractivity contribution in [2.24, 2.45) is 11.8 Å². The quantitative estimate of drug-likeness (QED) is 0.711. The van der Waals surface area contributed by atoms with Crippen LogP contribution in [0.1, 0.15) is 56.9 Å². The SMILES string of the molecule is CCCN1C(=O)N[C@H](CCC(=O)N[C@@H]2[C@H]3CCC[C@H]3[C@H]2c2ccccc2)C1=O. The third kappa shape index (κ3) is 3.40. The van der Waals surface area contributed by atoms with E-state index in [2.05, 4.69) is 34.9 Å². The number of hydrogen-bond donors (Lipinski definition) is 2. The van der Waals surface area contributed by atoms with Gasteiger partial charge in [0.15, 0.2) is 0 Å². The van der Waals surface area contributed by atoms with Crippen molar-refractivity contribution in [2.45, 2.75) is 63.5 Å². The van der Waals surface area contributed by atoms with Gasteiger partial charge in [0.25, 0.3) is 5.91 Å². The Kier molecular flexibility index (Phi) is 5.38. The summed E-state index contributed by atoms with van der Waals surface area (Å²) in [5, 5.41) is 5.95. The van der Waals surface area contributed by atoms with Gasteiger partial charge in [0.05, 0.1) is 0 Å². The number of fused-ring (bicyclic) bond motifs is 1. The lowest BCUT2D eigenvalue weighted by Crippen LogP contribution is -2.56. The Balaban J connectivity index is 1.33. The fourth-order valence-electron chi connectivity index (χ4n) is 5.36. The second-order valence-corrected chi connectivity index (χ2v) is 8.32. The van der Waals surface area contributed by atoms with Crippen molar-refractivity contribution in [1.82, 2.24) is 15.5 Å². The van der Waals surface area contributed by atoms with Gasteiger partial charge in [0.2, 0.25) is 5.91 Å². The number of rotatable bonds is 7. The zero-order valence-electron chi connectivity index (χ0n) is 16.4. The van der Waals surface area contributed by atoms with E-state index in [0.717, 1.165) is 6.42 Å². The van der Waals surface area contributed by atoms with E-state index in [-0.39, 0.29) is 30.3 Å².